The zero-order chi connectivity index (χ0) is 24.0. The van der Waals surface area contributed by atoms with Crippen LogP contribution < -0.4 is 14.2 Å². The lowest BCUT2D eigenvalue weighted by Gasteiger charge is -2.13. The Bertz CT molecular complexity index is 1100. The first-order chi connectivity index (χ1) is 15.9. The van der Waals surface area contributed by atoms with Gasteiger partial charge in [-0.25, -0.2) is 9.79 Å². The van der Waals surface area contributed by atoms with E-state index in [2.05, 4.69) is 27.6 Å². The smallest absolute Gasteiger partial charge is 0.344 e. The first-order valence-corrected chi connectivity index (χ1v) is 11.8. The molecule has 0 bridgehead atoms. The van der Waals surface area contributed by atoms with Gasteiger partial charge in [-0.15, -0.1) is 0 Å². The van der Waals surface area contributed by atoms with Gasteiger partial charge in [0.15, 0.2) is 23.3 Å². The second-order valence-electron chi connectivity index (χ2n) is 6.70. The summed E-state index contributed by atoms with van der Waals surface area (Å²) in [5, 5.41) is 0.576. The van der Waals surface area contributed by atoms with Gasteiger partial charge in [-0.05, 0) is 89.3 Å². The molecule has 0 atom stereocenters. The summed E-state index contributed by atoms with van der Waals surface area (Å²) in [5.74, 6) is 1.03. The largest absolute Gasteiger partial charge is 0.497 e. The zero-order valence-electron chi connectivity index (χ0n) is 18.6. The summed E-state index contributed by atoms with van der Waals surface area (Å²) in [6, 6.07) is 10.9. The molecule has 0 N–H and O–H groups in total. The molecule has 1 aliphatic heterocycles. The minimum absolute atomic E-state index is 0.149. The lowest BCUT2D eigenvalue weighted by molar-refractivity contribution is -0.145. The SMILES string of the molecule is CCOC(=O)COc1c(I)cc(/C=C2/SC(=Nc3ccc(OC)cc3)N(C)C2=O)cc1OC. The quantitative estimate of drug-likeness (QED) is 0.258. The van der Waals surface area contributed by atoms with Crippen molar-refractivity contribution in [3.8, 4) is 17.2 Å². The summed E-state index contributed by atoms with van der Waals surface area (Å²) >= 11 is 3.39. The molecule has 0 unspecified atom stereocenters. The molecule has 2 aromatic rings. The summed E-state index contributed by atoms with van der Waals surface area (Å²) in [7, 11) is 4.81. The van der Waals surface area contributed by atoms with Crippen molar-refractivity contribution in [2.75, 3.05) is 34.5 Å². The van der Waals surface area contributed by atoms with Crippen LogP contribution in [0.15, 0.2) is 46.3 Å². The van der Waals surface area contributed by atoms with Crippen LogP contribution in [0.4, 0.5) is 5.69 Å². The van der Waals surface area contributed by atoms with Crippen LogP contribution in [0.3, 0.4) is 0 Å². The Balaban J connectivity index is 1.83. The first kappa shape index (κ1) is 24.9. The molecule has 1 saturated heterocycles. The van der Waals surface area contributed by atoms with Crippen molar-refractivity contribution in [2.24, 2.45) is 4.99 Å². The van der Waals surface area contributed by atoms with E-state index in [0.717, 1.165) is 20.6 Å². The standard InChI is InChI=1S/C23H23IN2O6S/c1-5-31-20(27)13-32-21-17(24)10-14(11-18(21)30-4)12-19-22(28)26(2)23(33-19)25-15-6-8-16(29-3)9-7-15/h6-12H,5,13H2,1-4H3/b19-12+,25-23?. The minimum Gasteiger partial charge on any atom is -0.497 e. The van der Waals surface area contributed by atoms with Crippen molar-refractivity contribution in [3.05, 3.63) is 50.4 Å². The van der Waals surface area contributed by atoms with Crippen LogP contribution in [0.25, 0.3) is 6.08 Å². The van der Waals surface area contributed by atoms with Gasteiger partial charge in [0, 0.05) is 7.05 Å². The van der Waals surface area contributed by atoms with Crippen LogP contribution in [-0.4, -0.2) is 56.4 Å². The van der Waals surface area contributed by atoms with Gasteiger partial charge in [0.1, 0.15) is 5.75 Å². The molecule has 0 radical (unpaired) electrons. The molecule has 3 rings (SSSR count). The van der Waals surface area contributed by atoms with E-state index in [-0.39, 0.29) is 19.1 Å². The van der Waals surface area contributed by atoms with Crippen LogP contribution in [0.2, 0.25) is 0 Å². The van der Waals surface area contributed by atoms with Gasteiger partial charge in [-0.3, -0.25) is 9.69 Å². The average Bonchev–Trinajstić information content (AvgIpc) is 3.06. The highest BCUT2D eigenvalue weighted by Gasteiger charge is 2.30. The van der Waals surface area contributed by atoms with E-state index in [1.165, 1.54) is 23.8 Å². The first-order valence-electron chi connectivity index (χ1n) is 9.92. The number of esters is 1. The number of amides is 1. The topological polar surface area (TPSA) is 86.7 Å². The van der Waals surface area contributed by atoms with Crippen LogP contribution in [-0.2, 0) is 14.3 Å². The highest BCUT2D eigenvalue weighted by atomic mass is 127. The Labute approximate surface area is 210 Å². The second kappa shape index (κ2) is 11.4. The van der Waals surface area contributed by atoms with Gasteiger partial charge in [0.05, 0.1) is 35.0 Å². The van der Waals surface area contributed by atoms with Crippen molar-refractivity contribution in [1.29, 1.82) is 0 Å². The number of hydrogen-bond donors (Lipinski definition) is 0. The summed E-state index contributed by atoms with van der Waals surface area (Å²) in [6.45, 7) is 1.80. The molecule has 1 aliphatic rings. The third-order valence-electron chi connectivity index (χ3n) is 4.49. The van der Waals surface area contributed by atoms with E-state index in [9.17, 15) is 9.59 Å². The number of carbonyl (C=O) groups is 2. The highest BCUT2D eigenvalue weighted by molar-refractivity contribution is 14.1. The van der Waals surface area contributed by atoms with E-state index in [1.807, 2.05) is 30.3 Å². The maximum atomic E-state index is 12.8. The summed E-state index contributed by atoms with van der Waals surface area (Å²) < 4.78 is 21.8. The number of likely N-dealkylation sites (N-methyl/N-ethyl adjacent to an activating group) is 1. The number of hydrogen-bond acceptors (Lipinski definition) is 8. The number of thioether (sulfide) groups is 1. The number of amidine groups is 1. The van der Waals surface area contributed by atoms with Crippen molar-refractivity contribution < 1.29 is 28.5 Å². The van der Waals surface area contributed by atoms with Crippen LogP contribution in [0.1, 0.15) is 12.5 Å². The number of aliphatic imine (C=N–C) groups is 1. The Kier molecular flexibility index (Phi) is 8.61. The third-order valence-corrected chi connectivity index (χ3v) is 6.35. The number of carbonyl (C=O) groups excluding carboxylic acids is 2. The van der Waals surface area contributed by atoms with Gasteiger partial charge in [-0.2, -0.15) is 0 Å². The van der Waals surface area contributed by atoms with Crippen molar-refractivity contribution in [1.82, 2.24) is 4.90 Å². The van der Waals surface area contributed by atoms with E-state index in [1.54, 1.807) is 33.2 Å². The predicted molar refractivity (Wildman–Crippen MR) is 136 cm³/mol. The molecule has 174 valence electrons. The molecule has 0 spiro atoms. The zero-order valence-corrected chi connectivity index (χ0v) is 21.6. The number of halogens is 1. The van der Waals surface area contributed by atoms with Gasteiger partial charge in [-0.1, -0.05) is 0 Å². The fourth-order valence-corrected chi connectivity index (χ4v) is 4.64. The van der Waals surface area contributed by atoms with Crippen molar-refractivity contribution in [3.63, 3.8) is 0 Å². The summed E-state index contributed by atoms with van der Waals surface area (Å²) in [6.07, 6.45) is 1.78. The number of methoxy groups -OCH3 is 2. The van der Waals surface area contributed by atoms with Gasteiger partial charge in [0.2, 0.25) is 0 Å². The monoisotopic (exact) mass is 582 g/mol. The summed E-state index contributed by atoms with van der Waals surface area (Å²) in [4.78, 5) is 31.0. The Morgan fingerprint density at radius 3 is 2.55 bits per heavy atom. The fourth-order valence-electron chi connectivity index (χ4n) is 2.87. The molecule has 0 aliphatic carbocycles. The second-order valence-corrected chi connectivity index (χ2v) is 8.87. The average molecular weight is 582 g/mol. The van der Waals surface area contributed by atoms with E-state index >= 15 is 0 Å². The van der Waals surface area contributed by atoms with Gasteiger partial charge < -0.3 is 18.9 Å². The van der Waals surface area contributed by atoms with Crippen LogP contribution in [0.5, 0.6) is 17.2 Å². The maximum Gasteiger partial charge on any atom is 0.344 e. The molecule has 1 amide bonds. The normalized spacial score (nSPS) is 15.8. The lowest BCUT2D eigenvalue weighted by Crippen LogP contribution is -2.23. The predicted octanol–water partition coefficient (Wildman–Crippen LogP) is 4.48. The molecular formula is C23H23IN2O6S. The number of benzene rings is 2. The number of rotatable bonds is 8. The Morgan fingerprint density at radius 1 is 1.18 bits per heavy atom. The van der Waals surface area contributed by atoms with E-state index < -0.39 is 5.97 Å². The summed E-state index contributed by atoms with van der Waals surface area (Å²) in [5.41, 5.74) is 1.48. The third kappa shape index (κ3) is 6.20. The van der Waals surface area contributed by atoms with Gasteiger partial charge >= 0.3 is 5.97 Å². The number of ether oxygens (including phenoxy) is 4. The molecule has 2 aromatic carbocycles. The molecule has 33 heavy (non-hydrogen) atoms. The highest BCUT2D eigenvalue weighted by Crippen LogP contribution is 2.37. The van der Waals surface area contributed by atoms with Crippen molar-refractivity contribution in [2.45, 2.75) is 6.92 Å². The molecule has 0 aromatic heterocycles. The fraction of sp³-hybridized carbons (Fsp3) is 0.261. The number of nitrogens with zero attached hydrogens (tertiary/aromatic N) is 2. The Hall–Kier alpha value is -2.73. The minimum atomic E-state index is -0.457. The molecule has 1 fully saturated rings. The molecular weight excluding hydrogens is 559 g/mol. The van der Waals surface area contributed by atoms with E-state index in [4.69, 9.17) is 18.9 Å². The lowest BCUT2D eigenvalue weighted by atomic mass is 10.2. The molecule has 8 nitrogen and oxygen atoms in total. The van der Waals surface area contributed by atoms with Crippen LogP contribution >= 0.6 is 34.4 Å². The van der Waals surface area contributed by atoms with Crippen molar-refractivity contribution >= 4 is 63.2 Å². The molecule has 1 heterocycles. The van der Waals surface area contributed by atoms with E-state index in [0.29, 0.717) is 21.6 Å². The van der Waals surface area contributed by atoms with Crippen LogP contribution in [0, 0.1) is 3.57 Å². The maximum absolute atomic E-state index is 12.8. The molecule has 0 saturated carbocycles. The molecule has 10 heteroatoms. The Morgan fingerprint density at radius 2 is 1.91 bits per heavy atom. The van der Waals surface area contributed by atoms with Gasteiger partial charge in [0.25, 0.3) is 5.91 Å².